The maximum atomic E-state index is 12.3. The molecule has 106 valence electrons. The van der Waals surface area contributed by atoms with Crippen molar-refractivity contribution in [2.75, 3.05) is 31.7 Å². The van der Waals surface area contributed by atoms with E-state index in [0.29, 0.717) is 16.6 Å². The van der Waals surface area contributed by atoms with E-state index in [-0.39, 0.29) is 11.7 Å². The summed E-state index contributed by atoms with van der Waals surface area (Å²) in [7, 11) is 3.42. The number of hydrogen-bond acceptors (Lipinski definition) is 6. The summed E-state index contributed by atoms with van der Waals surface area (Å²) in [5.74, 6) is 0.0569. The Bertz CT molecular complexity index is 468. The normalized spacial score (nSPS) is 17.4. The molecule has 0 saturated heterocycles. The van der Waals surface area contributed by atoms with Crippen LogP contribution in [0.25, 0.3) is 0 Å². The predicted octanol–water partition coefficient (Wildman–Crippen LogP) is 1.14. The third-order valence-electron chi connectivity index (χ3n) is 3.47. The first-order chi connectivity index (χ1) is 8.95. The predicted molar refractivity (Wildman–Crippen MR) is 76.5 cm³/mol. The monoisotopic (exact) mass is 284 g/mol. The molecule has 6 nitrogen and oxygen atoms in total. The minimum Gasteiger partial charge on any atom is -0.388 e. The van der Waals surface area contributed by atoms with Gasteiger partial charge in [0.1, 0.15) is 10.7 Å². The van der Waals surface area contributed by atoms with Crippen LogP contribution in [0.1, 0.15) is 35.4 Å². The second-order valence-electron chi connectivity index (χ2n) is 5.08. The minimum absolute atomic E-state index is 0.183. The Balaban J connectivity index is 2.07. The number of nitrogen functional groups attached to an aromatic ring is 1. The quantitative estimate of drug-likeness (QED) is 0.771. The van der Waals surface area contributed by atoms with Crippen molar-refractivity contribution in [3.8, 4) is 0 Å². The topological polar surface area (TPSA) is 91.5 Å². The van der Waals surface area contributed by atoms with Crippen LogP contribution in [-0.2, 0) is 0 Å². The summed E-state index contributed by atoms with van der Waals surface area (Å²) in [5, 5.41) is 13.8. The van der Waals surface area contributed by atoms with Gasteiger partial charge in [0.15, 0.2) is 5.13 Å². The molecule has 1 amide bonds. The van der Waals surface area contributed by atoms with E-state index in [9.17, 15) is 9.90 Å². The number of carbonyl (C=O) groups excluding carboxylic acids is 1. The number of nitrogens with one attached hydrogen (secondary N) is 1. The third kappa shape index (κ3) is 2.98. The molecule has 2 rings (SSSR count). The van der Waals surface area contributed by atoms with Crippen LogP contribution in [0.4, 0.5) is 10.9 Å². The van der Waals surface area contributed by atoms with Gasteiger partial charge in [-0.1, -0.05) is 24.2 Å². The first-order valence-electron chi connectivity index (χ1n) is 6.37. The molecule has 0 bridgehead atoms. The molecule has 0 atom stereocenters. The van der Waals surface area contributed by atoms with Gasteiger partial charge >= 0.3 is 0 Å². The van der Waals surface area contributed by atoms with Gasteiger partial charge in [-0.3, -0.25) is 4.79 Å². The van der Waals surface area contributed by atoms with E-state index < -0.39 is 5.60 Å². The van der Waals surface area contributed by atoms with Crippen molar-refractivity contribution < 1.29 is 9.90 Å². The number of nitrogens with two attached hydrogens (primary N) is 1. The van der Waals surface area contributed by atoms with Gasteiger partial charge in [-0.15, -0.1) is 0 Å². The van der Waals surface area contributed by atoms with Gasteiger partial charge in [0, 0.05) is 20.6 Å². The molecular weight excluding hydrogens is 264 g/mol. The average Bonchev–Trinajstić information content (AvgIpc) is 2.94. The molecule has 1 aromatic heterocycles. The highest BCUT2D eigenvalue weighted by atomic mass is 32.1. The Morgan fingerprint density at radius 3 is 2.74 bits per heavy atom. The first-order valence-corrected chi connectivity index (χ1v) is 7.19. The number of nitrogens with zero attached hydrogens (tertiary/aromatic N) is 2. The second-order valence-corrected chi connectivity index (χ2v) is 6.08. The van der Waals surface area contributed by atoms with E-state index >= 15 is 0 Å². The molecule has 0 aliphatic heterocycles. The van der Waals surface area contributed by atoms with E-state index in [1.54, 1.807) is 14.1 Å². The summed E-state index contributed by atoms with van der Waals surface area (Å²) in [5.41, 5.74) is 5.01. The molecule has 1 aliphatic rings. The highest BCUT2D eigenvalue weighted by Crippen LogP contribution is 2.31. The molecule has 1 aromatic rings. The van der Waals surface area contributed by atoms with Crippen LogP contribution in [0.3, 0.4) is 0 Å². The molecule has 0 spiro atoms. The van der Waals surface area contributed by atoms with Crippen LogP contribution in [0.15, 0.2) is 0 Å². The van der Waals surface area contributed by atoms with Gasteiger partial charge in [0.05, 0.1) is 5.60 Å². The maximum absolute atomic E-state index is 12.3. The molecule has 0 unspecified atom stereocenters. The minimum atomic E-state index is -0.740. The first kappa shape index (κ1) is 14.1. The van der Waals surface area contributed by atoms with E-state index in [0.717, 1.165) is 25.7 Å². The van der Waals surface area contributed by atoms with Crippen molar-refractivity contribution in [1.29, 1.82) is 0 Å². The Morgan fingerprint density at radius 1 is 1.58 bits per heavy atom. The highest BCUT2D eigenvalue weighted by Gasteiger charge is 2.34. The standard InChI is InChI=1S/C12H20N4O2S/c1-14-11-15-9(13)8(19-11)10(17)16(2)7-12(18)5-3-4-6-12/h18H,3-7,13H2,1-2H3,(H,14,15). The van der Waals surface area contributed by atoms with Crippen molar-refractivity contribution >= 4 is 28.2 Å². The smallest absolute Gasteiger partial charge is 0.267 e. The van der Waals surface area contributed by atoms with E-state index in [4.69, 9.17) is 5.73 Å². The molecule has 0 aromatic carbocycles. The zero-order valence-corrected chi connectivity index (χ0v) is 12.1. The lowest BCUT2D eigenvalue weighted by molar-refractivity contribution is 0.0158. The van der Waals surface area contributed by atoms with Crippen LogP contribution < -0.4 is 11.1 Å². The number of thiazole rings is 1. The van der Waals surface area contributed by atoms with Gasteiger partial charge in [-0.2, -0.15) is 0 Å². The van der Waals surface area contributed by atoms with Crippen LogP contribution in [0.5, 0.6) is 0 Å². The zero-order valence-electron chi connectivity index (χ0n) is 11.3. The van der Waals surface area contributed by atoms with E-state index in [2.05, 4.69) is 10.3 Å². The fraction of sp³-hybridized carbons (Fsp3) is 0.667. The zero-order chi connectivity index (χ0) is 14.0. The maximum Gasteiger partial charge on any atom is 0.267 e. The molecular formula is C12H20N4O2S. The summed E-state index contributed by atoms with van der Waals surface area (Å²) in [6.45, 7) is 0.345. The van der Waals surface area contributed by atoms with Crippen molar-refractivity contribution in [3.05, 3.63) is 4.88 Å². The lowest BCUT2D eigenvalue weighted by atomic mass is 10.0. The van der Waals surface area contributed by atoms with Crippen LogP contribution in [0, 0.1) is 0 Å². The van der Waals surface area contributed by atoms with Gasteiger partial charge in [0.2, 0.25) is 0 Å². The average molecular weight is 284 g/mol. The number of likely N-dealkylation sites (N-methyl/N-ethyl adjacent to an activating group) is 1. The van der Waals surface area contributed by atoms with E-state index in [1.165, 1.54) is 16.2 Å². The summed E-state index contributed by atoms with van der Waals surface area (Å²) >= 11 is 1.23. The molecule has 1 saturated carbocycles. The van der Waals surface area contributed by atoms with Gasteiger partial charge in [-0.05, 0) is 12.8 Å². The Hall–Kier alpha value is -1.34. The molecule has 1 heterocycles. The summed E-state index contributed by atoms with van der Waals surface area (Å²) in [6.07, 6.45) is 3.55. The summed E-state index contributed by atoms with van der Waals surface area (Å²) in [6, 6.07) is 0. The molecule has 1 fully saturated rings. The number of hydrogen-bond donors (Lipinski definition) is 3. The number of anilines is 2. The number of aromatic nitrogens is 1. The fourth-order valence-corrected chi connectivity index (χ4v) is 3.30. The highest BCUT2D eigenvalue weighted by molar-refractivity contribution is 7.18. The Kier molecular flexibility index (Phi) is 3.96. The van der Waals surface area contributed by atoms with Crippen molar-refractivity contribution in [2.24, 2.45) is 0 Å². The van der Waals surface area contributed by atoms with Crippen molar-refractivity contribution in [1.82, 2.24) is 9.88 Å². The summed E-state index contributed by atoms with van der Waals surface area (Å²) in [4.78, 5) is 18.3. The lowest BCUT2D eigenvalue weighted by Crippen LogP contribution is -2.42. The number of aliphatic hydroxyl groups is 1. The van der Waals surface area contributed by atoms with Crippen LogP contribution in [-0.4, -0.2) is 47.1 Å². The van der Waals surface area contributed by atoms with Crippen LogP contribution >= 0.6 is 11.3 Å². The Morgan fingerprint density at radius 2 is 2.21 bits per heavy atom. The number of amides is 1. The molecule has 0 radical (unpaired) electrons. The fourth-order valence-electron chi connectivity index (χ4n) is 2.47. The van der Waals surface area contributed by atoms with Crippen molar-refractivity contribution in [3.63, 3.8) is 0 Å². The van der Waals surface area contributed by atoms with E-state index in [1.807, 2.05) is 0 Å². The molecule has 7 heteroatoms. The molecule has 4 N–H and O–H groups in total. The lowest BCUT2D eigenvalue weighted by Gasteiger charge is -2.28. The van der Waals surface area contributed by atoms with Gasteiger partial charge in [-0.25, -0.2) is 4.98 Å². The van der Waals surface area contributed by atoms with Gasteiger partial charge in [0.25, 0.3) is 5.91 Å². The summed E-state index contributed by atoms with van der Waals surface area (Å²) < 4.78 is 0. The largest absolute Gasteiger partial charge is 0.388 e. The van der Waals surface area contributed by atoms with Gasteiger partial charge < -0.3 is 21.1 Å². The molecule has 1 aliphatic carbocycles. The molecule has 19 heavy (non-hydrogen) atoms. The third-order valence-corrected chi connectivity index (χ3v) is 4.55. The Labute approximate surface area is 116 Å². The number of carbonyl (C=O) groups is 1. The van der Waals surface area contributed by atoms with Crippen molar-refractivity contribution in [2.45, 2.75) is 31.3 Å². The SMILES string of the molecule is CNc1nc(N)c(C(=O)N(C)CC2(O)CCCC2)s1. The second kappa shape index (κ2) is 5.34. The number of rotatable bonds is 4. The van der Waals surface area contributed by atoms with Crippen LogP contribution in [0.2, 0.25) is 0 Å².